The van der Waals surface area contributed by atoms with E-state index in [4.69, 9.17) is 0 Å². The minimum absolute atomic E-state index is 0.0484. The lowest BCUT2D eigenvalue weighted by atomic mass is 9.77. The van der Waals surface area contributed by atoms with Crippen LogP contribution in [-0.4, -0.2) is 5.11 Å². The molecule has 1 saturated carbocycles. The number of aliphatic hydroxyl groups is 1. The quantitative estimate of drug-likeness (QED) is 0.841. The molecule has 1 N–H and O–H groups in total. The average molecular weight is 288 g/mol. The lowest BCUT2D eigenvalue weighted by Crippen LogP contribution is -2.13. The smallest absolute Gasteiger partial charge is 0.263 e. The minimum Gasteiger partial charge on any atom is -0.384 e. The summed E-state index contributed by atoms with van der Waals surface area (Å²) in [6, 6.07) is 13.9. The molecule has 0 bridgehead atoms. The molecule has 0 saturated heterocycles. The zero-order chi connectivity index (χ0) is 14.8. The number of benzene rings is 2. The van der Waals surface area contributed by atoms with Crippen LogP contribution < -0.4 is 0 Å². The maximum atomic E-state index is 12.8. The van der Waals surface area contributed by atoms with Gasteiger partial charge in [-0.3, -0.25) is 0 Å². The molecule has 3 rings (SSSR count). The molecule has 110 valence electrons. The van der Waals surface area contributed by atoms with Crippen molar-refractivity contribution in [1.29, 1.82) is 0 Å². The van der Waals surface area contributed by atoms with Gasteiger partial charge in [-0.2, -0.15) is 0 Å². The summed E-state index contributed by atoms with van der Waals surface area (Å²) in [5, 5.41) is 10.6. The Morgan fingerprint density at radius 3 is 2.33 bits per heavy atom. The summed E-state index contributed by atoms with van der Waals surface area (Å²) in [7, 11) is 0. The standard InChI is InChI=1S/C18H18F2O/c19-18(20)14-8-4-7-13(11-14)17(21)16-10-2-1-9-15(16)12-5-3-6-12/h1-2,4,7-12,17-18,21H,3,5-6H2. The van der Waals surface area contributed by atoms with Crippen LogP contribution in [0.5, 0.6) is 0 Å². The van der Waals surface area contributed by atoms with Gasteiger partial charge in [-0.05, 0) is 41.5 Å². The average Bonchev–Trinajstić information content (AvgIpc) is 2.45. The van der Waals surface area contributed by atoms with Crippen molar-refractivity contribution in [3.05, 3.63) is 70.8 Å². The number of aliphatic hydroxyl groups excluding tert-OH is 1. The molecule has 0 amide bonds. The molecule has 1 aliphatic carbocycles. The number of hydrogen-bond donors (Lipinski definition) is 1. The van der Waals surface area contributed by atoms with Gasteiger partial charge in [0.2, 0.25) is 0 Å². The van der Waals surface area contributed by atoms with Crippen molar-refractivity contribution in [3.8, 4) is 0 Å². The van der Waals surface area contributed by atoms with E-state index < -0.39 is 12.5 Å². The summed E-state index contributed by atoms with van der Waals surface area (Å²) in [6.07, 6.45) is 0.136. The second-order valence-electron chi connectivity index (χ2n) is 5.63. The first-order valence-corrected chi connectivity index (χ1v) is 7.31. The van der Waals surface area contributed by atoms with E-state index in [1.165, 1.54) is 18.6 Å². The molecule has 3 heteroatoms. The van der Waals surface area contributed by atoms with Crippen molar-refractivity contribution in [3.63, 3.8) is 0 Å². The van der Waals surface area contributed by atoms with Gasteiger partial charge in [0.15, 0.2) is 0 Å². The van der Waals surface area contributed by atoms with Gasteiger partial charge in [-0.1, -0.05) is 48.9 Å². The largest absolute Gasteiger partial charge is 0.384 e. The maximum Gasteiger partial charge on any atom is 0.263 e. The first-order chi connectivity index (χ1) is 10.2. The fourth-order valence-electron chi connectivity index (χ4n) is 2.90. The monoisotopic (exact) mass is 288 g/mol. The highest BCUT2D eigenvalue weighted by atomic mass is 19.3. The molecular weight excluding hydrogens is 270 g/mol. The molecule has 0 spiro atoms. The van der Waals surface area contributed by atoms with Crippen molar-refractivity contribution < 1.29 is 13.9 Å². The molecule has 1 unspecified atom stereocenters. The Morgan fingerprint density at radius 1 is 0.952 bits per heavy atom. The second-order valence-corrected chi connectivity index (χ2v) is 5.63. The number of hydrogen-bond acceptors (Lipinski definition) is 1. The SMILES string of the molecule is OC(c1cccc(C(F)F)c1)c1ccccc1C1CCC1. The number of rotatable bonds is 4. The van der Waals surface area contributed by atoms with Crippen molar-refractivity contribution in [2.75, 3.05) is 0 Å². The van der Waals surface area contributed by atoms with Crippen LogP contribution >= 0.6 is 0 Å². The Balaban J connectivity index is 1.95. The van der Waals surface area contributed by atoms with Crippen LogP contribution in [0.1, 0.15) is 60.0 Å². The van der Waals surface area contributed by atoms with Gasteiger partial charge in [-0.25, -0.2) is 8.78 Å². The molecule has 0 heterocycles. The Morgan fingerprint density at radius 2 is 1.67 bits per heavy atom. The molecule has 21 heavy (non-hydrogen) atoms. The summed E-state index contributed by atoms with van der Waals surface area (Å²) >= 11 is 0. The summed E-state index contributed by atoms with van der Waals surface area (Å²) in [4.78, 5) is 0. The Labute approximate surface area is 123 Å². The van der Waals surface area contributed by atoms with Crippen LogP contribution in [-0.2, 0) is 0 Å². The van der Waals surface area contributed by atoms with Crippen LogP contribution in [0.15, 0.2) is 48.5 Å². The van der Waals surface area contributed by atoms with E-state index in [0.29, 0.717) is 11.5 Å². The molecule has 2 aromatic carbocycles. The lowest BCUT2D eigenvalue weighted by molar-refractivity contribution is 0.150. The molecular formula is C18H18F2O. The van der Waals surface area contributed by atoms with Gasteiger partial charge in [0.1, 0.15) is 6.10 Å². The highest BCUT2D eigenvalue weighted by Gasteiger charge is 2.25. The fourth-order valence-corrected chi connectivity index (χ4v) is 2.90. The van der Waals surface area contributed by atoms with E-state index in [0.717, 1.165) is 24.0 Å². The first kappa shape index (κ1) is 14.2. The Kier molecular flexibility index (Phi) is 4.02. The normalized spacial score (nSPS) is 16.8. The summed E-state index contributed by atoms with van der Waals surface area (Å²) in [5.74, 6) is 0.495. The third-order valence-electron chi connectivity index (χ3n) is 4.31. The molecule has 0 aromatic heterocycles. The Hall–Kier alpha value is -1.74. The number of halogens is 2. The van der Waals surface area contributed by atoms with Crippen molar-refractivity contribution in [1.82, 2.24) is 0 Å². The van der Waals surface area contributed by atoms with Crippen LogP contribution in [0.4, 0.5) is 8.78 Å². The van der Waals surface area contributed by atoms with E-state index in [9.17, 15) is 13.9 Å². The van der Waals surface area contributed by atoms with Crippen LogP contribution in [0.2, 0.25) is 0 Å². The van der Waals surface area contributed by atoms with Gasteiger partial charge in [0.05, 0.1) is 0 Å². The van der Waals surface area contributed by atoms with Crippen LogP contribution in [0.3, 0.4) is 0 Å². The van der Waals surface area contributed by atoms with E-state index in [1.807, 2.05) is 24.3 Å². The molecule has 0 aliphatic heterocycles. The first-order valence-electron chi connectivity index (χ1n) is 7.31. The molecule has 1 nitrogen and oxygen atoms in total. The van der Waals surface area contributed by atoms with E-state index >= 15 is 0 Å². The Bertz CT molecular complexity index is 620. The van der Waals surface area contributed by atoms with Crippen molar-refractivity contribution >= 4 is 0 Å². The fraction of sp³-hybridized carbons (Fsp3) is 0.333. The van der Waals surface area contributed by atoms with Gasteiger partial charge in [0, 0.05) is 5.56 Å². The predicted octanol–water partition coefficient (Wildman–Crippen LogP) is 4.97. The third-order valence-corrected chi connectivity index (χ3v) is 4.31. The van der Waals surface area contributed by atoms with E-state index in [2.05, 4.69) is 0 Å². The highest BCUT2D eigenvalue weighted by molar-refractivity contribution is 5.39. The third kappa shape index (κ3) is 2.84. The summed E-state index contributed by atoms with van der Waals surface area (Å²) < 4.78 is 25.6. The maximum absolute atomic E-state index is 12.8. The van der Waals surface area contributed by atoms with Crippen molar-refractivity contribution in [2.24, 2.45) is 0 Å². The topological polar surface area (TPSA) is 20.2 Å². The van der Waals surface area contributed by atoms with Crippen LogP contribution in [0, 0.1) is 0 Å². The second kappa shape index (κ2) is 5.94. The van der Waals surface area contributed by atoms with Crippen molar-refractivity contribution in [2.45, 2.75) is 37.7 Å². The zero-order valence-corrected chi connectivity index (χ0v) is 11.7. The molecule has 0 radical (unpaired) electrons. The summed E-state index contributed by atoms with van der Waals surface area (Å²) in [6.45, 7) is 0. The van der Waals surface area contributed by atoms with Crippen LogP contribution in [0.25, 0.3) is 0 Å². The van der Waals surface area contributed by atoms with E-state index in [-0.39, 0.29) is 5.56 Å². The molecule has 2 aromatic rings. The van der Waals surface area contributed by atoms with Gasteiger partial charge in [0.25, 0.3) is 6.43 Å². The van der Waals surface area contributed by atoms with Gasteiger partial charge >= 0.3 is 0 Å². The lowest BCUT2D eigenvalue weighted by Gasteiger charge is -2.29. The zero-order valence-electron chi connectivity index (χ0n) is 11.7. The molecule has 1 fully saturated rings. The highest BCUT2D eigenvalue weighted by Crippen LogP contribution is 2.40. The van der Waals surface area contributed by atoms with Gasteiger partial charge < -0.3 is 5.11 Å². The van der Waals surface area contributed by atoms with Gasteiger partial charge in [-0.15, -0.1) is 0 Å². The molecule has 1 aliphatic rings. The molecule has 1 atom stereocenters. The predicted molar refractivity (Wildman–Crippen MR) is 78.5 cm³/mol. The van der Waals surface area contributed by atoms with E-state index in [1.54, 1.807) is 12.1 Å². The number of alkyl halides is 2. The summed E-state index contributed by atoms with van der Waals surface area (Å²) in [5.41, 5.74) is 2.47. The minimum atomic E-state index is -2.51.